The molecule has 5 heteroatoms. The van der Waals surface area contributed by atoms with Crippen molar-refractivity contribution in [2.75, 3.05) is 5.73 Å². The molecule has 0 fully saturated rings. The average molecular weight is 217 g/mol. The maximum atomic E-state index is 5.76. The monoisotopic (exact) mass is 217 g/mol. The molecule has 0 bridgehead atoms. The smallest absolute Gasteiger partial charge is 0.134 e. The summed E-state index contributed by atoms with van der Waals surface area (Å²) in [6.45, 7) is 4.08. The number of hydrogen-bond acceptors (Lipinski definition) is 4. The van der Waals surface area contributed by atoms with Crippen molar-refractivity contribution in [3.63, 3.8) is 0 Å². The Balaban J connectivity index is 2.49. The fourth-order valence-electron chi connectivity index (χ4n) is 1.43. The van der Waals surface area contributed by atoms with Crippen LogP contribution in [-0.2, 0) is 7.05 Å². The maximum absolute atomic E-state index is 5.76. The van der Waals surface area contributed by atoms with Crippen molar-refractivity contribution in [2.24, 2.45) is 7.05 Å². The Hall–Kier alpha value is -1.91. The Morgan fingerprint density at radius 2 is 2.00 bits per heavy atom. The first-order valence-electron chi connectivity index (χ1n) is 5.20. The standard InChI is InChI=1S/C11H15N5/c1-7(2)11-13-9(6-10(12)14-11)8-4-5-16(3)15-8/h4-7H,1-3H3,(H2,12,13,14). The molecule has 0 spiro atoms. The Morgan fingerprint density at radius 1 is 1.25 bits per heavy atom. The Morgan fingerprint density at radius 3 is 2.56 bits per heavy atom. The normalized spacial score (nSPS) is 11.0. The third kappa shape index (κ3) is 2.03. The quantitative estimate of drug-likeness (QED) is 0.829. The minimum atomic E-state index is 0.256. The first-order chi connectivity index (χ1) is 7.56. The van der Waals surface area contributed by atoms with Crippen LogP contribution in [0.2, 0.25) is 0 Å². The SMILES string of the molecule is CC(C)c1nc(N)cc(-c2ccn(C)n2)n1. The molecule has 2 heterocycles. The number of nitrogens with two attached hydrogens (primary N) is 1. The predicted octanol–water partition coefficient (Wildman–Crippen LogP) is 1.58. The summed E-state index contributed by atoms with van der Waals surface area (Å²) in [6.07, 6.45) is 1.88. The first-order valence-corrected chi connectivity index (χ1v) is 5.20. The summed E-state index contributed by atoms with van der Waals surface area (Å²) in [7, 11) is 1.87. The van der Waals surface area contributed by atoms with Crippen molar-refractivity contribution in [1.29, 1.82) is 0 Å². The number of nitrogen functional groups attached to an aromatic ring is 1. The van der Waals surface area contributed by atoms with Gasteiger partial charge < -0.3 is 5.73 Å². The zero-order chi connectivity index (χ0) is 11.7. The summed E-state index contributed by atoms with van der Waals surface area (Å²) in [6, 6.07) is 3.65. The van der Waals surface area contributed by atoms with Crippen LogP contribution in [0.1, 0.15) is 25.6 Å². The molecule has 5 nitrogen and oxygen atoms in total. The van der Waals surface area contributed by atoms with Crippen molar-refractivity contribution < 1.29 is 0 Å². The topological polar surface area (TPSA) is 69.6 Å². The van der Waals surface area contributed by atoms with Crippen molar-refractivity contribution >= 4 is 5.82 Å². The van der Waals surface area contributed by atoms with Crippen LogP contribution in [0.5, 0.6) is 0 Å². The van der Waals surface area contributed by atoms with Gasteiger partial charge in [0.1, 0.15) is 17.3 Å². The highest BCUT2D eigenvalue weighted by Crippen LogP contribution is 2.19. The van der Waals surface area contributed by atoms with Crippen LogP contribution in [0.25, 0.3) is 11.4 Å². The maximum Gasteiger partial charge on any atom is 0.134 e. The lowest BCUT2D eigenvalue weighted by Crippen LogP contribution is -2.03. The Bertz CT molecular complexity index is 501. The van der Waals surface area contributed by atoms with E-state index < -0.39 is 0 Å². The zero-order valence-electron chi connectivity index (χ0n) is 9.68. The van der Waals surface area contributed by atoms with Crippen LogP contribution < -0.4 is 5.73 Å². The molecule has 0 aromatic carbocycles. The molecule has 0 amide bonds. The van der Waals surface area contributed by atoms with E-state index in [0.717, 1.165) is 17.2 Å². The predicted molar refractivity (Wildman–Crippen MR) is 62.7 cm³/mol. The van der Waals surface area contributed by atoms with Crippen LogP contribution in [0.4, 0.5) is 5.82 Å². The number of nitrogens with zero attached hydrogens (tertiary/aromatic N) is 4. The summed E-state index contributed by atoms with van der Waals surface area (Å²) < 4.78 is 1.74. The molecule has 0 unspecified atom stereocenters. The van der Waals surface area contributed by atoms with Crippen LogP contribution in [0, 0.1) is 0 Å². The van der Waals surface area contributed by atoms with Gasteiger partial charge in [0.15, 0.2) is 0 Å². The van der Waals surface area contributed by atoms with Crippen LogP contribution >= 0.6 is 0 Å². The van der Waals surface area contributed by atoms with E-state index in [1.807, 2.05) is 33.2 Å². The highest BCUT2D eigenvalue weighted by atomic mass is 15.2. The summed E-state index contributed by atoms with van der Waals surface area (Å²) >= 11 is 0. The summed E-state index contributed by atoms with van der Waals surface area (Å²) in [4.78, 5) is 8.65. The minimum absolute atomic E-state index is 0.256. The van der Waals surface area contributed by atoms with Gasteiger partial charge in [-0.1, -0.05) is 13.8 Å². The van der Waals surface area contributed by atoms with Crippen molar-refractivity contribution in [3.05, 3.63) is 24.2 Å². The van der Waals surface area contributed by atoms with E-state index in [4.69, 9.17) is 5.73 Å². The fraction of sp³-hybridized carbons (Fsp3) is 0.364. The fourth-order valence-corrected chi connectivity index (χ4v) is 1.43. The molecular weight excluding hydrogens is 202 g/mol. The van der Waals surface area contributed by atoms with Crippen molar-refractivity contribution in [2.45, 2.75) is 19.8 Å². The molecule has 0 saturated carbocycles. The molecule has 0 aliphatic carbocycles. The summed E-state index contributed by atoms with van der Waals surface area (Å²) in [5, 5.41) is 4.29. The second-order valence-electron chi connectivity index (χ2n) is 4.07. The van der Waals surface area contributed by atoms with Crippen LogP contribution in [-0.4, -0.2) is 19.7 Å². The third-order valence-corrected chi connectivity index (χ3v) is 2.26. The van der Waals surface area contributed by atoms with Gasteiger partial charge in [-0.25, -0.2) is 9.97 Å². The molecule has 0 aliphatic rings. The van der Waals surface area contributed by atoms with Gasteiger partial charge in [-0.15, -0.1) is 0 Å². The second kappa shape index (κ2) is 3.92. The number of aromatic nitrogens is 4. The number of rotatable bonds is 2. The molecule has 0 radical (unpaired) electrons. The van der Waals surface area contributed by atoms with Gasteiger partial charge in [-0.05, 0) is 6.07 Å². The number of anilines is 1. The van der Waals surface area contributed by atoms with E-state index >= 15 is 0 Å². The summed E-state index contributed by atoms with van der Waals surface area (Å²) in [5.74, 6) is 1.49. The number of aryl methyl sites for hydroxylation is 1. The minimum Gasteiger partial charge on any atom is -0.384 e. The van der Waals surface area contributed by atoms with Gasteiger partial charge in [-0.3, -0.25) is 4.68 Å². The highest BCUT2D eigenvalue weighted by molar-refractivity contribution is 5.57. The molecule has 0 saturated heterocycles. The average Bonchev–Trinajstić information content (AvgIpc) is 2.64. The molecule has 0 atom stereocenters. The zero-order valence-corrected chi connectivity index (χ0v) is 9.68. The molecule has 16 heavy (non-hydrogen) atoms. The van der Waals surface area contributed by atoms with Gasteiger partial charge in [0.25, 0.3) is 0 Å². The largest absolute Gasteiger partial charge is 0.384 e. The second-order valence-corrected chi connectivity index (χ2v) is 4.07. The Kier molecular flexibility index (Phi) is 2.60. The van der Waals surface area contributed by atoms with Crippen molar-refractivity contribution in [1.82, 2.24) is 19.7 Å². The molecule has 2 aromatic heterocycles. The van der Waals surface area contributed by atoms with E-state index in [1.54, 1.807) is 10.7 Å². The van der Waals surface area contributed by atoms with Gasteiger partial charge in [0.05, 0.1) is 5.69 Å². The third-order valence-electron chi connectivity index (χ3n) is 2.26. The Labute approximate surface area is 94.3 Å². The van der Waals surface area contributed by atoms with Crippen LogP contribution in [0.3, 0.4) is 0 Å². The van der Waals surface area contributed by atoms with E-state index in [9.17, 15) is 0 Å². The first kappa shape index (κ1) is 10.6. The number of hydrogen-bond donors (Lipinski definition) is 1. The van der Waals surface area contributed by atoms with Gasteiger partial charge in [0.2, 0.25) is 0 Å². The van der Waals surface area contributed by atoms with E-state index in [2.05, 4.69) is 15.1 Å². The van der Waals surface area contributed by atoms with Crippen molar-refractivity contribution in [3.8, 4) is 11.4 Å². The molecule has 2 N–H and O–H groups in total. The van der Waals surface area contributed by atoms with E-state index in [1.165, 1.54) is 0 Å². The van der Waals surface area contributed by atoms with Crippen LogP contribution in [0.15, 0.2) is 18.3 Å². The van der Waals surface area contributed by atoms with Gasteiger partial charge >= 0.3 is 0 Å². The molecule has 2 rings (SSSR count). The molecule has 2 aromatic rings. The van der Waals surface area contributed by atoms with Gasteiger partial charge in [0, 0.05) is 25.2 Å². The van der Waals surface area contributed by atoms with Gasteiger partial charge in [-0.2, -0.15) is 5.10 Å². The highest BCUT2D eigenvalue weighted by Gasteiger charge is 2.09. The lowest BCUT2D eigenvalue weighted by Gasteiger charge is -2.06. The lowest BCUT2D eigenvalue weighted by atomic mass is 10.2. The van der Waals surface area contributed by atoms with E-state index in [0.29, 0.717) is 5.82 Å². The summed E-state index contributed by atoms with van der Waals surface area (Å²) in [5.41, 5.74) is 7.35. The molecule has 0 aliphatic heterocycles. The molecular formula is C11H15N5. The van der Waals surface area contributed by atoms with E-state index in [-0.39, 0.29) is 5.92 Å². The molecule has 84 valence electrons. The lowest BCUT2D eigenvalue weighted by molar-refractivity contribution is 0.762.